The summed E-state index contributed by atoms with van der Waals surface area (Å²) in [5.41, 5.74) is 1.76. The zero-order chi connectivity index (χ0) is 22.9. The van der Waals surface area contributed by atoms with Gasteiger partial charge in [0.05, 0.1) is 29.7 Å². The number of carbonyl (C=O) groups is 1. The van der Waals surface area contributed by atoms with E-state index in [-0.39, 0.29) is 17.3 Å². The number of fused-ring (bicyclic) bond motifs is 1. The third-order valence-corrected chi connectivity index (χ3v) is 8.59. The summed E-state index contributed by atoms with van der Waals surface area (Å²) in [6.07, 6.45) is 1.23. The molecule has 0 aliphatic carbocycles. The van der Waals surface area contributed by atoms with Crippen LogP contribution >= 0.6 is 11.3 Å². The van der Waals surface area contributed by atoms with Crippen molar-refractivity contribution in [3.8, 4) is 11.5 Å². The Bertz CT molecular complexity index is 1240. The zero-order valence-corrected chi connectivity index (χ0v) is 19.8. The fourth-order valence-electron chi connectivity index (χ4n) is 3.81. The Balaban J connectivity index is 1.50. The van der Waals surface area contributed by atoms with E-state index in [9.17, 15) is 13.2 Å². The number of aromatic nitrogens is 1. The number of aryl methyl sites for hydroxylation is 1. The largest absolute Gasteiger partial charge is 0.497 e. The number of hydrogen-bond donors (Lipinski definition) is 1. The minimum absolute atomic E-state index is 0.132. The standard InChI is InChI=1S/C22H25N3O5S2/c1-14-6-11-18(30-3)19-20(14)31-22(23-19)24-21(26)15-5-4-12-25(13-15)32(27,28)17-9-7-16(29-2)8-10-17/h6-11,15H,4-5,12-13H2,1-3H3,(H,23,24,26). The molecule has 32 heavy (non-hydrogen) atoms. The van der Waals surface area contributed by atoms with E-state index in [1.165, 1.54) is 34.9 Å². The van der Waals surface area contributed by atoms with E-state index in [2.05, 4.69) is 10.3 Å². The molecule has 4 rings (SSSR count). The molecule has 1 saturated heterocycles. The number of benzene rings is 2. The van der Waals surface area contributed by atoms with Gasteiger partial charge in [-0.05, 0) is 55.7 Å². The summed E-state index contributed by atoms with van der Waals surface area (Å²) in [4.78, 5) is 17.7. The fourth-order valence-corrected chi connectivity index (χ4v) is 6.28. The highest BCUT2D eigenvalue weighted by Gasteiger charge is 2.33. The van der Waals surface area contributed by atoms with Crippen LogP contribution in [-0.4, -0.2) is 50.9 Å². The number of rotatable bonds is 6. The maximum atomic E-state index is 13.1. The molecule has 2 aromatic carbocycles. The molecular weight excluding hydrogens is 450 g/mol. The minimum atomic E-state index is -3.69. The summed E-state index contributed by atoms with van der Waals surface area (Å²) >= 11 is 1.39. The van der Waals surface area contributed by atoms with Gasteiger partial charge in [-0.1, -0.05) is 17.4 Å². The van der Waals surface area contributed by atoms with Crippen LogP contribution in [0, 0.1) is 12.8 Å². The van der Waals surface area contributed by atoms with E-state index < -0.39 is 15.9 Å². The Hall–Kier alpha value is -2.69. The Labute approximate surface area is 191 Å². The molecule has 10 heteroatoms. The number of anilines is 1. The topological polar surface area (TPSA) is 97.8 Å². The van der Waals surface area contributed by atoms with Crippen molar-refractivity contribution in [2.75, 3.05) is 32.6 Å². The average Bonchev–Trinajstić information content (AvgIpc) is 3.24. The Kier molecular flexibility index (Phi) is 6.36. The number of hydrogen-bond acceptors (Lipinski definition) is 7. The van der Waals surface area contributed by atoms with E-state index in [1.807, 2.05) is 19.1 Å². The molecule has 1 N–H and O–H groups in total. The number of nitrogens with zero attached hydrogens (tertiary/aromatic N) is 2. The number of nitrogens with one attached hydrogen (secondary N) is 1. The van der Waals surface area contributed by atoms with Gasteiger partial charge >= 0.3 is 0 Å². The molecule has 2 heterocycles. The molecule has 0 radical (unpaired) electrons. The predicted octanol–water partition coefficient (Wildman–Crippen LogP) is 3.66. The van der Waals surface area contributed by atoms with Gasteiger partial charge in [0.2, 0.25) is 15.9 Å². The van der Waals surface area contributed by atoms with Crippen molar-refractivity contribution in [2.24, 2.45) is 5.92 Å². The summed E-state index contributed by atoms with van der Waals surface area (Å²) in [5.74, 6) is 0.557. The van der Waals surface area contributed by atoms with Gasteiger partial charge in [-0.25, -0.2) is 13.4 Å². The smallest absolute Gasteiger partial charge is 0.243 e. The highest BCUT2D eigenvalue weighted by atomic mass is 32.2. The van der Waals surface area contributed by atoms with Crippen LogP contribution < -0.4 is 14.8 Å². The summed E-state index contributed by atoms with van der Waals surface area (Å²) in [7, 11) is -0.580. The molecule has 1 aliphatic rings. The van der Waals surface area contributed by atoms with Crippen LogP contribution in [0.4, 0.5) is 5.13 Å². The summed E-state index contributed by atoms with van der Waals surface area (Å²) in [5, 5.41) is 3.36. The summed E-state index contributed by atoms with van der Waals surface area (Å²) < 4.78 is 38.9. The van der Waals surface area contributed by atoms with E-state index in [4.69, 9.17) is 9.47 Å². The van der Waals surface area contributed by atoms with Crippen molar-refractivity contribution >= 4 is 42.6 Å². The molecular formula is C22H25N3O5S2. The Morgan fingerprint density at radius 2 is 1.91 bits per heavy atom. The number of carbonyl (C=O) groups excluding carboxylic acids is 1. The highest BCUT2D eigenvalue weighted by molar-refractivity contribution is 7.89. The van der Waals surface area contributed by atoms with Crippen molar-refractivity contribution in [1.29, 1.82) is 0 Å². The third kappa shape index (κ3) is 4.30. The average molecular weight is 476 g/mol. The SMILES string of the molecule is COc1ccc(S(=O)(=O)N2CCCC(C(=O)Nc3nc4c(OC)ccc(C)c4s3)C2)cc1. The number of piperidine rings is 1. The molecule has 0 spiro atoms. The van der Waals surface area contributed by atoms with Crippen LogP contribution in [0.25, 0.3) is 10.2 Å². The van der Waals surface area contributed by atoms with Gasteiger partial charge in [-0.2, -0.15) is 4.31 Å². The van der Waals surface area contributed by atoms with Crippen molar-refractivity contribution in [1.82, 2.24) is 9.29 Å². The monoisotopic (exact) mass is 475 g/mol. The van der Waals surface area contributed by atoms with Crippen molar-refractivity contribution in [3.05, 3.63) is 42.0 Å². The molecule has 1 atom stereocenters. The molecule has 8 nitrogen and oxygen atoms in total. The number of amides is 1. The second-order valence-electron chi connectivity index (χ2n) is 7.65. The van der Waals surface area contributed by atoms with Crippen LogP contribution in [-0.2, 0) is 14.8 Å². The minimum Gasteiger partial charge on any atom is -0.497 e. The predicted molar refractivity (Wildman–Crippen MR) is 124 cm³/mol. The molecule has 1 fully saturated rings. The summed E-state index contributed by atoms with van der Waals surface area (Å²) in [6.45, 7) is 2.50. The van der Waals surface area contributed by atoms with Crippen LogP contribution in [0.3, 0.4) is 0 Å². The second-order valence-corrected chi connectivity index (χ2v) is 10.6. The summed E-state index contributed by atoms with van der Waals surface area (Å²) in [6, 6.07) is 10.1. The maximum absolute atomic E-state index is 13.1. The highest BCUT2D eigenvalue weighted by Crippen LogP contribution is 2.35. The Morgan fingerprint density at radius 1 is 1.16 bits per heavy atom. The molecule has 1 amide bonds. The normalized spacial score (nSPS) is 17.3. The van der Waals surface area contributed by atoms with Crippen LogP contribution in [0.5, 0.6) is 11.5 Å². The van der Waals surface area contributed by atoms with Crippen molar-refractivity contribution in [2.45, 2.75) is 24.7 Å². The maximum Gasteiger partial charge on any atom is 0.243 e. The van der Waals surface area contributed by atoms with Gasteiger partial charge < -0.3 is 14.8 Å². The lowest BCUT2D eigenvalue weighted by molar-refractivity contribution is -0.120. The second kappa shape index (κ2) is 9.05. The van der Waals surface area contributed by atoms with Gasteiger partial charge in [-0.15, -0.1) is 0 Å². The first kappa shape index (κ1) is 22.5. The lowest BCUT2D eigenvalue weighted by Crippen LogP contribution is -2.43. The van der Waals surface area contributed by atoms with Crippen molar-refractivity contribution < 1.29 is 22.7 Å². The van der Waals surface area contributed by atoms with E-state index in [0.29, 0.717) is 41.5 Å². The third-order valence-electron chi connectivity index (χ3n) is 5.61. The van der Waals surface area contributed by atoms with Gasteiger partial charge in [-0.3, -0.25) is 4.79 Å². The van der Waals surface area contributed by atoms with Gasteiger partial charge in [0, 0.05) is 13.1 Å². The molecule has 1 aromatic heterocycles. The Morgan fingerprint density at radius 3 is 2.59 bits per heavy atom. The van der Waals surface area contributed by atoms with E-state index >= 15 is 0 Å². The first-order valence-electron chi connectivity index (χ1n) is 10.2. The van der Waals surface area contributed by atoms with E-state index in [1.54, 1.807) is 19.2 Å². The first-order chi connectivity index (χ1) is 15.3. The molecule has 0 bridgehead atoms. The molecule has 170 valence electrons. The van der Waals surface area contributed by atoms with Gasteiger partial charge in [0.15, 0.2) is 5.13 Å². The lowest BCUT2D eigenvalue weighted by Gasteiger charge is -2.31. The van der Waals surface area contributed by atoms with Crippen LogP contribution in [0.15, 0.2) is 41.3 Å². The van der Waals surface area contributed by atoms with Crippen LogP contribution in [0.1, 0.15) is 18.4 Å². The van der Waals surface area contributed by atoms with E-state index in [0.717, 1.165) is 10.3 Å². The number of methoxy groups -OCH3 is 2. The van der Waals surface area contributed by atoms with Gasteiger partial charge in [0.1, 0.15) is 17.0 Å². The molecule has 1 unspecified atom stereocenters. The molecule has 3 aromatic rings. The lowest BCUT2D eigenvalue weighted by atomic mass is 9.99. The van der Waals surface area contributed by atoms with Crippen LogP contribution in [0.2, 0.25) is 0 Å². The molecule has 1 aliphatic heterocycles. The quantitative estimate of drug-likeness (QED) is 0.584. The van der Waals surface area contributed by atoms with Crippen molar-refractivity contribution in [3.63, 3.8) is 0 Å². The number of ether oxygens (including phenoxy) is 2. The first-order valence-corrected chi connectivity index (χ1v) is 12.5. The molecule has 0 saturated carbocycles. The number of sulfonamides is 1. The van der Waals surface area contributed by atoms with Gasteiger partial charge in [0.25, 0.3) is 0 Å². The fraction of sp³-hybridized carbons (Fsp3) is 0.364. The zero-order valence-electron chi connectivity index (χ0n) is 18.1. The number of thiazole rings is 1.